The Morgan fingerprint density at radius 3 is 2.54 bits per heavy atom. The molecule has 3 aromatic rings. The lowest BCUT2D eigenvalue weighted by Gasteiger charge is -2.07. The quantitative estimate of drug-likeness (QED) is 0.568. The molecular formula is C16H14BN3O4. The molecule has 0 aliphatic heterocycles. The molecule has 0 saturated heterocycles. The molecule has 3 rings (SSSR count). The van der Waals surface area contributed by atoms with Gasteiger partial charge in [0, 0.05) is 5.56 Å². The number of amides is 1. The van der Waals surface area contributed by atoms with Gasteiger partial charge in [0.1, 0.15) is 6.61 Å². The van der Waals surface area contributed by atoms with Crippen LogP contribution in [0, 0.1) is 0 Å². The van der Waals surface area contributed by atoms with Gasteiger partial charge in [-0.1, -0.05) is 24.3 Å². The summed E-state index contributed by atoms with van der Waals surface area (Å²) >= 11 is 0. The summed E-state index contributed by atoms with van der Waals surface area (Å²) in [5.74, 6) is -0.170. The lowest BCUT2D eigenvalue weighted by atomic mass is 9.80. The van der Waals surface area contributed by atoms with Crippen LogP contribution in [0.25, 0.3) is 11.0 Å². The topological polar surface area (TPSA) is 119 Å². The summed E-state index contributed by atoms with van der Waals surface area (Å²) in [7, 11) is -1.49. The standard InChI is InChI=1S/C16H14BN3O4/c18-16(21)11-3-6-13-14(7-11)19-8-15(20-13)24-9-10-1-4-12(5-2-10)17(22)23/h1-8,22-23H,9H2,(H2,18,21). The van der Waals surface area contributed by atoms with Crippen molar-refractivity contribution in [2.45, 2.75) is 6.61 Å². The number of nitrogens with zero attached hydrogens (tertiary/aromatic N) is 2. The number of primary amides is 1. The zero-order valence-corrected chi connectivity index (χ0v) is 12.6. The Morgan fingerprint density at radius 1 is 1.12 bits per heavy atom. The van der Waals surface area contributed by atoms with Crippen LogP contribution in [-0.2, 0) is 6.61 Å². The van der Waals surface area contributed by atoms with Crippen LogP contribution in [0.1, 0.15) is 15.9 Å². The van der Waals surface area contributed by atoms with E-state index in [0.717, 1.165) is 5.56 Å². The predicted octanol–water partition coefficient (Wildman–Crippen LogP) is -0.0125. The number of aromatic nitrogens is 2. The normalized spacial score (nSPS) is 10.6. The van der Waals surface area contributed by atoms with Gasteiger partial charge >= 0.3 is 7.12 Å². The van der Waals surface area contributed by atoms with Gasteiger partial charge in [-0.3, -0.25) is 4.79 Å². The first kappa shape index (κ1) is 15.9. The smallest absolute Gasteiger partial charge is 0.472 e. The number of carbonyl (C=O) groups is 1. The number of hydrogen-bond donors (Lipinski definition) is 3. The fourth-order valence-electron chi connectivity index (χ4n) is 2.16. The van der Waals surface area contributed by atoms with Crippen LogP contribution in [0.5, 0.6) is 5.88 Å². The lowest BCUT2D eigenvalue weighted by Crippen LogP contribution is -2.29. The lowest BCUT2D eigenvalue weighted by molar-refractivity contribution is 0.100. The fourth-order valence-corrected chi connectivity index (χ4v) is 2.16. The van der Waals surface area contributed by atoms with Gasteiger partial charge in [-0.25, -0.2) is 9.97 Å². The van der Waals surface area contributed by atoms with Crippen molar-refractivity contribution in [1.29, 1.82) is 0 Å². The molecule has 1 aromatic heterocycles. The maximum Gasteiger partial charge on any atom is 0.488 e. The number of nitrogens with two attached hydrogens (primary N) is 1. The van der Waals surface area contributed by atoms with Crippen LogP contribution in [0.2, 0.25) is 0 Å². The fraction of sp³-hybridized carbons (Fsp3) is 0.0625. The van der Waals surface area contributed by atoms with Crippen molar-refractivity contribution in [3.63, 3.8) is 0 Å². The van der Waals surface area contributed by atoms with E-state index < -0.39 is 13.0 Å². The van der Waals surface area contributed by atoms with E-state index in [4.69, 9.17) is 20.5 Å². The van der Waals surface area contributed by atoms with E-state index in [1.54, 1.807) is 42.5 Å². The molecule has 0 bridgehead atoms. The molecule has 0 aliphatic carbocycles. The zero-order chi connectivity index (χ0) is 17.1. The molecule has 0 atom stereocenters. The molecule has 1 amide bonds. The van der Waals surface area contributed by atoms with E-state index in [0.29, 0.717) is 27.9 Å². The number of ether oxygens (including phenoxy) is 1. The number of rotatable bonds is 5. The molecule has 1 heterocycles. The molecule has 24 heavy (non-hydrogen) atoms. The van der Waals surface area contributed by atoms with Gasteiger partial charge in [-0.2, -0.15) is 0 Å². The Bertz CT molecular complexity index is 884. The van der Waals surface area contributed by atoms with Crippen LogP contribution < -0.4 is 15.9 Å². The molecule has 0 saturated carbocycles. The molecule has 0 fully saturated rings. The SMILES string of the molecule is NC(=O)c1ccc2nc(OCc3ccc(B(O)O)cc3)cnc2c1. The van der Waals surface area contributed by atoms with Gasteiger partial charge in [0.05, 0.1) is 17.2 Å². The van der Waals surface area contributed by atoms with E-state index in [9.17, 15) is 4.79 Å². The van der Waals surface area contributed by atoms with E-state index in [-0.39, 0.29) is 6.61 Å². The minimum absolute atomic E-state index is 0.265. The van der Waals surface area contributed by atoms with Crippen molar-refractivity contribution in [2.24, 2.45) is 5.73 Å². The average molecular weight is 323 g/mol. The average Bonchev–Trinajstić information content (AvgIpc) is 2.59. The second-order valence-electron chi connectivity index (χ2n) is 5.18. The summed E-state index contributed by atoms with van der Waals surface area (Å²) in [6, 6.07) is 11.5. The van der Waals surface area contributed by atoms with E-state index in [1.807, 2.05) is 0 Å². The Balaban J connectivity index is 1.73. The zero-order valence-electron chi connectivity index (χ0n) is 12.6. The summed E-state index contributed by atoms with van der Waals surface area (Å²) in [4.78, 5) is 19.7. The van der Waals surface area contributed by atoms with Crippen LogP contribution in [0.3, 0.4) is 0 Å². The van der Waals surface area contributed by atoms with Crippen molar-refractivity contribution in [3.05, 3.63) is 59.8 Å². The van der Waals surface area contributed by atoms with Crippen LogP contribution in [0.4, 0.5) is 0 Å². The van der Waals surface area contributed by atoms with Gasteiger partial charge < -0.3 is 20.5 Å². The Labute approximate surface area is 137 Å². The first-order valence-electron chi connectivity index (χ1n) is 7.17. The maximum atomic E-state index is 11.2. The van der Waals surface area contributed by atoms with Crippen molar-refractivity contribution in [1.82, 2.24) is 9.97 Å². The highest BCUT2D eigenvalue weighted by molar-refractivity contribution is 6.58. The Kier molecular flexibility index (Phi) is 4.41. The number of fused-ring (bicyclic) bond motifs is 1. The summed E-state index contributed by atoms with van der Waals surface area (Å²) in [6.07, 6.45) is 1.47. The summed E-state index contributed by atoms with van der Waals surface area (Å²) < 4.78 is 5.59. The second-order valence-corrected chi connectivity index (χ2v) is 5.18. The van der Waals surface area contributed by atoms with E-state index in [2.05, 4.69) is 9.97 Å². The van der Waals surface area contributed by atoms with Gasteiger partial charge in [0.25, 0.3) is 0 Å². The van der Waals surface area contributed by atoms with Crippen LogP contribution in [-0.4, -0.2) is 33.0 Å². The van der Waals surface area contributed by atoms with E-state index >= 15 is 0 Å². The Morgan fingerprint density at radius 2 is 1.88 bits per heavy atom. The van der Waals surface area contributed by atoms with E-state index in [1.165, 1.54) is 6.20 Å². The third-order valence-electron chi connectivity index (χ3n) is 3.47. The second kappa shape index (κ2) is 6.65. The molecule has 0 spiro atoms. The van der Waals surface area contributed by atoms with Crippen molar-refractivity contribution >= 4 is 29.5 Å². The van der Waals surface area contributed by atoms with Gasteiger partial charge in [0.15, 0.2) is 0 Å². The first-order valence-corrected chi connectivity index (χ1v) is 7.17. The molecular weight excluding hydrogens is 309 g/mol. The number of carbonyl (C=O) groups excluding carboxylic acids is 1. The van der Waals surface area contributed by atoms with Crippen molar-refractivity contribution in [3.8, 4) is 5.88 Å². The molecule has 0 aliphatic rings. The predicted molar refractivity (Wildman–Crippen MR) is 88.7 cm³/mol. The Hall–Kier alpha value is -2.97. The molecule has 2 aromatic carbocycles. The molecule has 0 unspecified atom stereocenters. The maximum absolute atomic E-state index is 11.2. The van der Waals surface area contributed by atoms with Crippen molar-refractivity contribution in [2.75, 3.05) is 0 Å². The first-order chi connectivity index (χ1) is 11.5. The van der Waals surface area contributed by atoms with Crippen molar-refractivity contribution < 1.29 is 19.6 Å². The molecule has 4 N–H and O–H groups in total. The van der Waals surface area contributed by atoms with Gasteiger partial charge in [-0.05, 0) is 29.2 Å². The third kappa shape index (κ3) is 3.50. The highest BCUT2D eigenvalue weighted by Crippen LogP contribution is 2.16. The highest BCUT2D eigenvalue weighted by Gasteiger charge is 2.10. The largest absolute Gasteiger partial charge is 0.488 e. The molecule has 7 nitrogen and oxygen atoms in total. The minimum Gasteiger partial charge on any atom is -0.472 e. The molecule has 120 valence electrons. The summed E-state index contributed by atoms with van der Waals surface area (Å²) in [5, 5.41) is 18.1. The van der Waals surface area contributed by atoms with Gasteiger partial charge in [0.2, 0.25) is 11.8 Å². The highest BCUT2D eigenvalue weighted by atomic mass is 16.5. The number of hydrogen-bond acceptors (Lipinski definition) is 6. The minimum atomic E-state index is -1.49. The van der Waals surface area contributed by atoms with Gasteiger partial charge in [-0.15, -0.1) is 0 Å². The third-order valence-corrected chi connectivity index (χ3v) is 3.47. The monoisotopic (exact) mass is 323 g/mol. The van der Waals surface area contributed by atoms with Crippen LogP contribution in [0.15, 0.2) is 48.7 Å². The number of benzene rings is 2. The molecule has 0 radical (unpaired) electrons. The summed E-state index contributed by atoms with van der Waals surface area (Å²) in [5.41, 5.74) is 8.02. The summed E-state index contributed by atoms with van der Waals surface area (Å²) in [6.45, 7) is 0.265. The molecule has 8 heteroatoms. The van der Waals surface area contributed by atoms with Crippen LogP contribution >= 0.6 is 0 Å².